The fourth-order valence-electron chi connectivity index (χ4n) is 7.50. The minimum atomic E-state index is -0.814. The number of carbonyl (C=O) groups is 3. The molecule has 1 aromatic heterocycles. The first kappa shape index (κ1) is 27.2. The van der Waals surface area contributed by atoms with Crippen molar-refractivity contribution in [3.05, 3.63) is 121 Å². The second kappa shape index (κ2) is 10.1. The van der Waals surface area contributed by atoms with Crippen molar-refractivity contribution >= 4 is 33.8 Å². The van der Waals surface area contributed by atoms with Crippen LogP contribution < -0.4 is 9.47 Å². The third-order valence-electron chi connectivity index (χ3n) is 9.61. The summed E-state index contributed by atoms with van der Waals surface area (Å²) >= 11 is 3.35. The second-order valence-electron chi connectivity index (χ2n) is 11.9. The van der Waals surface area contributed by atoms with E-state index in [9.17, 15) is 14.4 Å². The fraction of sp³-hybridized carbons (Fsp3) is 0.257. The summed E-state index contributed by atoms with van der Waals surface area (Å²) in [6.45, 7) is 0.370. The summed E-state index contributed by atoms with van der Waals surface area (Å²) in [6.07, 6.45) is 2.13. The van der Waals surface area contributed by atoms with Gasteiger partial charge in [-0.25, -0.2) is 4.39 Å². The first-order chi connectivity index (χ1) is 21.4. The summed E-state index contributed by atoms with van der Waals surface area (Å²) < 4.78 is 33.6. The van der Waals surface area contributed by atoms with Crippen molar-refractivity contribution in [1.29, 1.82) is 0 Å². The van der Waals surface area contributed by atoms with Gasteiger partial charge in [0.15, 0.2) is 23.6 Å². The van der Waals surface area contributed by atoms with Gasteiger partial charge in [0.2, 0.25) is 0 Å². The van der Waals surface area contributed by atoms with E-state index < -0.39 is 11.2 Å². The van der Waals surface area contributed by atoms with Crippen LogP contribution in [0.3, 0.4) is 0 Å². The van der Waals surface area contributed by atoms with Gasteiger partial charge in [-0.2, -0.15) is 0 Å². The Bertz CT molecular complexity index is 1920. The molecule has 9 heteroatoms. The summed E-state index contributed by atoms with van der Waals surface area (Å²) in [7, 11) is 0. The smallest absolute Gasteiger partial charge is 0.265 e. The predicted molar refractivity (Wildman–Crippen MR) is 159 cm³/mol. The maximum atomic E-state index is 15.8. The Hall–Kier alpha value is -4.37. The van der Waals surface area contributed by atoms with Crippen molar-refractivity contribution in [2.75, 3.05) is 0 Å². The average molecular weight is 654 g/mol. The molecule has 1 heterocycles. The zero-order valence-corrected chi connectivity index (χ0v) is 25.0. The van der Waals surface area contributed by atoms with Crippen molar-refractivity contribution in [1.82, 2.24) is 5.16 Å². The molecule has 1 saturated carbocycles. The number of fused-ring (bicyclic) bond motifs is 3. The molecule has 0 N–H and O–H groups in total. The van der Waals surface area contributed by atoms with E-state index in [4.69, 9.17) is 14.0 Å². The Balaban J connectivity index is 1.17. The number of ether oxygens (including phenoxy) is 2. The molecule has 220 valence electrons. The fourth-order valence-corrected chi connectivity index (χ4v) is 8.08. The van der Waals surface area contributed by atoms with Crippen LogP contribution in [0.2, 0.25) is 0 Å². The summed E-state index contributed by atoms with van der Waals surface area (Å²) in [5.41, 5.74) is 2.85. The number of carbonyl (C=O) groups excluding carboxylic acids is 3. The average Bonchev–Trinajstić information content (AvgIpc) is 3.67. The van der Waals surface area contributed by atoms with Crippen LogP contribution in [0.4, 0.5) is 4.39 Å². The first-order valence-electron chi connectivity index (χ1n) is 14.6. The summed E-state index contributed by atoms with van der Waals surface area (Å²) in [5, 5.41) is 4.10. The highest BCUT2D eigenvalue weighted by Gasteiger charge is 2.68. The van der Waals surface area contributed by atoms with E-state index >= 15 is 4.39 Å². The number of hydrogen-bond acceptors (Lipinski definition) is 7. The molecule has 0 aliphatic heterocycles. The third kappa shape index (κ3) is 3.91. The van der Waals surface area contributed by atoms with Crippen LogP contribution >= 0.6 is 15.9 Å². The topological polar surface area (TPSA) is 95.7 Å². The van der Waals surface area contributed by atoms with Gasteiger partial charge in [0.1, 0.15) is 30.3 Å². The highest BCUT2D eigenvalue weighted by Crippen LogP contribution is 2.70. The number of hydrogen-bond donors (Lipinski definition) is 0. The van der Waals surface area contributed by atoms with Crippen LogP contribution in [0.25, 0.3) is 0 Å². The number of Topliss-reactive ketones (excluding diaryl/α,β-unsaturated/α-hetero) is 2. The standard InChI is InChI=1S/C35H25BrFNO6/c36-29-23(15-39)30(37)22-12-20-11-21-13-25-28(34(38-44-25)43-17-19-9-5-2-6-10-19)33(41)35(21)14-24(35)26(20)31(40)27(22)32(29)42-16-18-7-3-1-4-8-18/h1-10,15,20-21H,11-14,16-17H2. The van der Waals surface area contributed by atoms with E-state index in [1.54, 1.807) is 0 Å². The van der Waals surface area contributed by atoms with Crippen molar-refractivity contribution < 1.29 is 32.8 Å². The van der Waals surface area contributed by atoms with Crippen molar-refractivity contribution in [3.8, 4) is 11.6 Å². The molecule has 1 spiro atoms. The Morgan fingerprint density at radius 2 is 1.66 bits per heavy atom. The summed E-state index contributed by atoms with van der Waals surface area (Å²) in [4.78, 5) is 40.5. The molecule has 0 bridgehead atoms. The van der Waals surface area contributed by atoms with Gasteiger partial charge >= 0.3 is 0 Å². The van der Waals surface area contributed by atoms with Crippen LogP contribution in [-0.4, -0.2) is 23.0 Å². The maximum absolute atomic E-state index is 15.8. The normalized spacial score (nSPS) is 22.8. The molecule has 0 radical (unpaired) electrons. The number of ketones is 2. The molecule has 0 amide bonds. The monoisotopic (exact) mass is 653 g/mol. The van der Waals surface area contributed by atoms with E-state index in [1.165, 1.54) is 0 Å². The minimum Gasteiger partial charge on any atom is -0.487 e. The van der Waals surface area contributed by atoms with E-state index in [1.807, 2.05) is 60.7 Å². The second-order valence-corrected chi connectivity index (χ2v) is 12.7. The van der Waals surface area contributed by atoms with Crippen LogP contribution in [0.5, 0.6) is 11.6 Å². The molecule has 8 rings (SSSR count). The van der Waals surface area contributed by atoms with Gasteiger partial charge in [0, 0.05) is 17.6 Å². The maximum Gasteiger partial charge on any atom is 0.265 e. The van der Waals surface area contributed by atoms with E-state index in [2.05, 4.69) is 21.1 Å². The highest BCUT2D eigenvalue weighted by atomic mass is 79.9. The van der Waals surface area contributed by atoms with Gasteiger partial charge in [-0.15, -0.1) is 0 Å². The van der Waals surface area contributed by atoms with Gasteiger partial charge in [-0.05, 0) is 68.9 Å². The van der Waals surface area contributed by atoms with E-state index in [0.29, 0.717) is 42.4 Å². The Kier molecular flexibility index (Phi) is 6.24. The van der Waals surface area contributed by atoms with E-state index in [0.717, 1.165) is 16.7 Å². The van der Waals surface area contributed by atoms with Crippen LogP contribution in [-0.2, 0) is 26.1 Å². The summed E-state index contributed by atoms with van der Waals surface area (Å²) in [5.74, 6) is -0.763. The van der Waals surface area contributed by atoms with Gasteiger partial charge in [0.25, 0.3) is 5.88 Å². The zero-order chi connectivity index (χ0) is 30.2. The number of nitrogens with zero attached hydrogens (tertiary/aromatic N) is 1. The summed E-state index contributed by atoms with van der Waals surface area (Å²) in [6, 6.07) is 19.0. The number of aldehydes is 1. The van der Waals surface area contributed by atoms with Crippen molar-refractivity contribution in [2.45, 2.75) is 38.9 Å². The lowest BCUT2D eigenvalue weighted by atomic mass is 9.62. The molecule has 3 aromatic carbocycles. The molecule has 0 saturated heterocycles. The lowest BCUT2D eigenvalue weighted by molar-refractivity contribution is 0.0785. The largest absolute Gasteiger partial charge is 0.487 e. The van der Waals surface area contributed by atoms with Crippen LogP contribution in [0.15, 0.2) is 80.8 Å². The quantitative estimate of drug-likeness (QED) is 0.197. The third-order valence-corrected chi connectivity index (χ3v) is 10.4. The molecule has 3 atom stereocenters. The molecular formula is C35H25BrFNO6. The number of aromatic nitrogens is 1. The zero-order valence-electron chi connectivity index (χ0n) is 23.4. The Morgan fingerprint density at radius 1 is 0.977 bits per heavy atom. The number of rotatable bonds is 7. The molecule has 4 aromatic rings. The molecule has 44 heavy (non-hydrogen) atoms. The number of halogens is 2. The van der Waals surface area contributed by atoms with Gasteiger partial charge < -0.3 is 14.0 Å². The van der Waals surface area contributed by atoms with Crippen molar-refractivity contribution in [3.63, 3.8) is 0 Å². The van der Waals surface area contributed by atoms with E-state index in [-0.39, 0.29) is 75.8 Å². The van der Waals surface area contributed by atoms with Crippen LogP contribution in [0, 0.1) is 23.1 Å². The molecule has 3 unspecified atom stereocenters. The SMILES string of the molecule is O=Cc1c(F)c2c(c(OCc3ccccc3)c1Br)C(=O)C1=C3CC34C(=O)c3c(OCc5ccccc5)noc3CC4CC1C2. The molecule has 4 aliphatic carbocycles. The molecule has 4 aliphatic rings. The molecule has 1 fully saturated rings. The predicted octanol–water partition coefficient (Wildman–Crippen LogP) is 7.05. The van der Waals surface area contributed by atoms with Gasteiger partial charge in [0.05, 0.1) is 21.0 Å². The van der Waals surface area contributed by atoms with Crippen molar-refractivity contribution in [2.24, 2.45) is 17.3 Å². The van der Waals surface area contributed by atoms with Gasteiger partial charge in [-0.3, -0.25) is 14.4 Å². The number of allylic oxidation sites excluding steroid dienone is 2. The Morgan fingerprint density at radius 3 is 2.34 bits per heavy atom. The minimum absolute atomic E-state index is 0.103. The molecular weight excluding hydrogens is 629 g/mol. The Labute approximate surface area is 260 Å². The van der Waals surface area contributed by atoms with Crippen LogP contribution in [0.1, 0.15) is 66.4 Å². The highest BCUT2D eigenvalue weighted by molar-refractivity contribution is 9.10. The molecule has 7 nitrogen and oxygen atoms in total. The number of benzene rings is 3. The lowest BCUT2D eigenvalue weighted by Crippen LogP contribution is -2.40. The van der Waals surface area contributed by atoms with Gasteiger partial charge in [-0.1, -0.05) is 60.7 Å². The lowest BCUT2D eigenvalue weighted by Gasteiger charge is -2.39. The first-order valence-corrected chi connectivity index (χ1v) is 15.4.